The van der Waals surface area contributed by atoms with Crippen LogP contribution in [0.25, 0.3) is 53.9 Å². The molecule has 0 aliphatic carbocycles. The lowest BCUT2D eigenvalue weighted by molar-refractivity contribution is 0.613. The third kappa shape index (κ3) is 2.25. The highest BCUT2D eigenvalue weighted by Gasteiger charge is 2.24. The van der Waals surface area contributed by atoms with Gasteiger partial charge in [0.1, 0.15) is 0 Å². The zero-order valence-corrected chi connectivity index (χ0v) is 18.2. The number of rotatable bonds is 2. The van der Waals surface area contributed by atoms with Crippen molar-refractivity contribution in [1.29, 1.82) is 0 Å². The molecule has 0 aliphatic heterocycles. The van der Waals surface area contributed by atoms with Crippen molar-refractivity contribution in [3.8, 4) is 0 Å². The predicted octanol–water partition coefficient (Wildman–Crippen LogP) is 8.56. The average Bonchev–Trinajstić information content (AvgIpc) is 2.76. The Morgan fingerprint density at radius 1 is 0.586 bits per heavy atom. The van der Waals surface area contributed by atoms with Crippen molar-refractivity contribution in [2.45, 2.75) is 19.3 Å². The molecule has 0 heterocycles. The van der Waals surface area contributed by atoms with E-state index in [1.54, 1.807) is 0 Å². The second-order valence-corrected chi connectivity index (χ2v) is 9.34. The van der Waals surface area contributed by atoms with E-state index in [-0.39, 0.29) is 5.41 Å². The van der Waals surface area contributed by atoms with Crippen molar-refractivity contribution in [3.05, 3.63) is 84.4 Å². The summed E-state index contributed by atoms with van der Waals surface area (Å²) < 4.78 is 0. The number of alkyl halides is 1. The molecule has 29 heavy (non-hydrogen) atoms. The Morgan fingerprint density at radius 3 is 2.10 bits per heavy atom. The summed E-state index contributed by atoms with van der Waals surface area (Å²) >= 11 is 3.74. The molecule has 1 heteroatoms. The summed E-state index contributed by atoms with van der Waals surface area (Å²) in [6, 6.07) is 29.4. The highest BCUT2D eigenvalue weighted by molar-refractivity contribution is 9.09. The average molecular weight is 437 g/mol. The van der Waals surface area contributed by atoms with Crippen molar-refractivity contribution in [1.82, 2.24) is 0 Å². The molecule has 0 unspecified atom stereocenters. The highest BCUT2D eigenvalue weighted by Crippen LogP contribution is 2.45. The molecule has 140 valence electrons. The molecule has 0 saturated heterocycles. The molecular weight excluding hydrogens is 416 g/mol. The third-order valence-electron chi connectivity index (χ3n) is 6.55. The first kappa shape index (κ1) is 17.2. The van der Waals surface area contributed by atoms with Crippen LogP contribution in [0.3, 0.4) is 0 Å². The topological polar surface area (TPSA) is 0 Å². The molecular formula is C28H21Br. The van der Waals surface area contributed by atoms with Crippen LogP contribution in [0, 0.1) is 0 Å². The van der Waals surface area contributed by atoms with E-state index in [0.29, 0.717) is 0 Å². The zero-order valence-electron chi connectivity index (χ0n) is 16.6. The zero-order chi connectivity index (χ0) is 19.8. The van der Waals surface area contributed by atoms with Crippen LogP contribution in [0.5, 0.6) is 0 Å². The third-order valence-corrected chi connectivity index (χ3v) is 7.95. The second kappa shape index (κ2) is 5.93. The fourth-order valence-corrected chi connectivity index (χ4v) is 5.43. The summed E-state index contributed by atoms with van der Waals surface area (Å²) in [6.07, 6.45) is 0. The Kier molecular flexibility index (Phi) is 3.53. The Morgan fingerprint density at radius 2 is 1.24 bits per heavy atom. The number of fused-ring (bicyclic) bond motifs is 4. The van der Waals surface area contributed by atoms with E-state index in [2.05, 4.69) is 109 Å². The van der Waals surface area contributed by atoms with Gasteiger partial charge in [0.2, 0.25) is 0 Å². The summed E-state index contributed by atoms with van der Waals surface area (Å²) in [5.41, 5.74) is 1.48. The number of benzene rings is 6. The first-order chi connectivity index (χ1) is 14.1. The second-order valence-electron chi connectivity index (χ2n) is 8.78. The van der Waals surface area contributed by atoms with Gasteiger partial charge in [0.05, 0.1) is 0 Å². The van der Waals surface area contributed by atoms with Crippen LogP contribution in [0.15, 0.2) is 78.9 Å². The van der Waals surface area contributed by atoms with Crippen molar-refractivity contribution in [3.63, 3.8) is 0 Å². The molecule has 0 amide bonds. The van der Waals surface area contributed by atoms with Crippen LogP contribution in [-0.4, -0.2) is 5.33 Å². The summed E-state index contributed by atoms with van der Waals surface area (Å²) in [5.74, 6) is 0. The first-order valence-corrected chi connectivity index (χ1v) is 11.3. The molecule has 6 aromatic rings. The maximum absolute atomic E-state index is 3.74. The fourth-order valence-electron chi connectivity index (χ4n) is 5.13. The van der Waals surface area contributed by atoms with Gasteiger partial charge in [-0.3, -0.25) is 0 Å². The molecule has 0 fully saturated rings. The Labute approximate surface area is 178 Å². The molecule has 0 atom stereocenters. The molecule has 0 nitrogen and oxygen atoms in total. The number of halogens is 1. The van der Waals surface area contributed by atoms with Crippen LogP contribution < -0.4 is 0 Å². The molecule has 0 N–H and O–H groups in total. The SMILES string of the molecule is CC(C)(CBr)c1ccc2c3cccc4cc5ccccc5c(c5cccc1c25)c43. The largest absolute Gasteiger partial charge is 0.0919 e. The quantitative estimate of drug-likeness (QED) is 0.145. The lowest BCUT2D eigenvalue weighted by atomic mass is 9.80. The van der Waals surface area contributed by atoms with E-state index in [0.717, 1.165) is 5.33 Å². The number of hydrogen-bond donors (Lipinski definition) is 0. The van der Waals surface area contributed by atoms with Gasteiger partial charge in [0.25, 0.3) is 0 Å². The Balaban J connectivity index is 1.98. The fraction of sp³-hybridized carbons (Fsp3) is 0.143. The number of hydrogen-bond acceptors (Lipinski definition) is 0. The molecule has 6 aromatic carbocycles. The van der Waals surface area contributed by atoms with Crippen LogP contribution in [0.1, 0.15) is 19.4 Å². The van der Waals surface area contributed by atoms with Gasteiger partial charge in [-0.1, -0.05) is 103 Å². The molecule has 0 bridgehead atoms. The van der Waals surface area contributed by atoms with Gasteiger partial charge in [-0.15, -0.1) is 0 Å². The smallest absolute Gasteiger partial charge is 0.0123 e. The maximum atomic E-state index is 3.74. The Bertz CT molecular complexity index is 1560. The minimum atomic E-state index is 0.0716. The van der Waals surface area contributed by atoms with Gasteiger partial charge in [-0.2, -0.15) is 0 Å². The van der Waals surface area contributed by atoms with E-state index < -0.39 is 0 Å². The summed E-state index contributed by atoms with van der Waals surface area (Å²) in [4.78, 5) is 0. The highest BCUT2D eigenvalue weighted by atomic mass is 79.9. The minimum Gasteiger partial charge on any atom is -0.0919 e. The summed E-state index contributed by atoms with van der Waals surface area (Å²) in [7, 11) is 0. The molecule has 0 spiro atoms. The van der Waals surface area contributed by atoms with Crippen LogP contribution in [0.2, 0.25) is 0 Å². The van der Waals surface area contributed by atoms with Gasteiger partial charge in [-0.25, -0.2) is 0 Å². The normalized spacial score (nSPS) is 12.8. The molecule has 6 rings (SSSR count). The van der Waals surface area contributed by atoms with Gasteiger partial charge >= 0.3 is 0 Å². The van der Waals surface area contributed by atoms with E-state index >= 15 is 0 Å². The first-order valence-electron chi connectivity index (χ1n) is 10.2. The van der Waals surface area contributed by atoms with Crippen molar-refractivity contribution < 1.29 is 0 Å². The van der Waals surface area contributed by atoms with Crippen LogP contribution >= 0.6 is 15.9 Å². The van der Waals surface area contributed by atoms with Gasteiger partial charge in [0.15, 0.2) is 0 Å². The molecule has 0 aliphatic rings. The van der Waals surface area contributed by atoms with Crippen LogP contribution in [-0.2, 0) is 5.41 Å². The van der Waals surface area contributed by atoms with Gasteiger partial charge in [0, 0.05) is 5.33 Å². The standard InChI is InChI=1S/C28H21Br/c1-28(2,16-29)24-14-13-21-20-10-5-8-18-15-17-7-3-4-9-19(17)27(25(18)20)23-12-6-11-22(24)26(21)23/h3-15H,16H2,1-2H3. The van der Waals surface area contributed by atoms with Gasteiger partial charge < -0.3 is 0 Å². The summed E-state index contributed by atoms with van der Waals surface area (Å²) in [5, 5.41) is 14.5. The van der Waals surface area contributed by atoms with Crippen molar-refractivity contribution in [2.75, 3.05) is 5.33 Å². The van der Waals surface area contributed by atoms with E-state index in [1.807, 2.05) is 0 Å². The van der Waals surface area contributed by atoms with Gasteiger partial charge in [-0.05, 0) is 70.9 Å². The molecule has 0 aromatic heterocycles. The molecule has 0 radical (unpaired) electrons. The van der Waals surface area contributed by atoms with E-state index in [9.17, 15) is 0 Å². The lowest BCUT2D eigenvalue weighted by Crippen LogP contribution is -2.19. The lowest BCUT2D eigenvalue weighted by Gasteiger charge is -2.26. The Hall–Kier alpha value is -2.64. The van der Waals surface area contributed by atoms with E-state index in [1.165, 1.54) is 59.4 Å². The monoisotopic (exact) mass is 436 g/mol. The van der Waals surface area contributed by atoms with Crippen LogP contribution in [0.4, 0.5) is 0 Å². The minimum absolute atomic E-state index is 0.0716. The molecule has 0 saturated carbocycles. The maximum Gasteiger partial charge on any atom is 0.0123 e. The van der Waals surface area contributed by atoms with Crippen molar-refractivity contribution >= 4 is 69.8 Å². The van der Waals surface area contributed by atoms with Crippen molar-refractivity contribution in [2.24, 2.45) is 0 Å². The predicted molar refractivity (Wildman–Crippen MR) is 132 cm³/mol. The van der Waals surface area contributed by atoms with E-state index in [4.69, 9.17) is 0 Å². The summed E-state index contributed by atoms with van der Waals surface area (Å²) in [6.45, 7) is 4.64.